The van der Waals surface area contributed by atoms with Crippen LogP contribution in [0, 0.1) is 0 Å². The molecule has 0 atom stereocenters. The fraction of sp³-hybridized carbons (Fsp3) is 0.105. The molecular formula is C19H17N7O3. The highest BCUT2D eigenvalue weighted by Gasteiger charge is 2.15. The van der Waals surface area contributed by atoms with Crippen molar-refractivity contribution >= 4 is 23.6 Å². The molecule has 4 aromatic rings. The monoisotopic (exact) mass is 391 g/mol. The third-order valence-electron chi connectivity index (χ3n) is 3.80. The van der Waals surface area contributed by atoms with Crippen LogP contribution in [0.2, 0.25) is 0 Å². The van der Waals surface area contributed by atoms with E-state index >= 15 is 0 Å². The molecule has 0 unspecified atom stereocenters. The lowest BCUT2D eigenvalue weighted by Crippen LogP contribution is -2.11. The van der Waals surface area contributed by atoms with E-state index in [-0.39, 0.29) is 30.1 Å². The number of para-hydroxylation sites is 1. The topological polar surface area (TPSA) is 134 Å². The average Bonchev–Trinajstić information content (AvgIpc) is 3.39. The van der Waals surface area contributed by atoms with Crippen LogP contribution in [0.3, 0.4) is 0 Å². The number of carbonyl (C=O) groups excluding carboxylic acids is 1. The van der Waals surface area contributed by atoms with Gasteiger partial charge >= 0.3 is 5.97 Å². The van der Waals surface area contributed by atoms with Gasteiger partial charge in [0.15, 0.2) is 12.4 Å². The molecule has 4 rings (SSSR count). The number of rotatable bonds is 7. The van der Waals surface area contributed by atoms with Gasteiger partial charge in [0.05, 0.1) is 6.54 Å². The number of nitrogen functional groups attached to an aromatic ring is 1. The Morgan fingerprint density at radius 3 is 2.76 bits per heavy atom. The lowest BCUT2D eigenvalue weighted by Gasteiger charge is -2.07. The second kappa shape index (κ2) is 8.21. The first-order valence-electron chi connectivity index (χ1n) is 8.71. The molecule has 3 aromatic heterocycles. The van der Waals surface area contributed by atoms with Gasteiger partial charge in [0.2, 0.25) is 17.7 Å². The number of esters is 1. The molecule has 1 aromatic carbocycles. The van der Waals surface area contributed by atoms with Crippen molar-refractivity contribution in [1.82, 2.24) is 24.7 Å². The zero-order valence-corrected chi connectivity index (χ0v) is 15.2. The van der Waals surface area contributed by atoms with Crippen molar-refractivity contribution in [2.45, 2.75) is 13.2 Å². The summed E-state index contributed by atoms with van der Waals surface area (Å²) in [6.07, 6.45) is 3.46. The Bertz CT molecular complexity index is 1090. The second-order valence-corrected chi connectivity index (χ2v) is 5.97. The molecule has 0 saturated carbocycles. The van der Waals surface area contributed by atoms with E-state index in [0.717, 1.165) is 5.69 Å². The summed E-state index contributed by atoms with van der Waals surface area (Å²) in [4.78, 5) is 24.5. The molecule has 0 saturated heterocycles. The van der Waals surface area contributed by atoms with Crippen LogP contribution in [0.5, 0.6) is 0 Å². The van der Waals surface area contributed by atoms with Crippen LogP contribution >= 0.6 is 0 Å². The van der Waals surface area contributed by atoms with E-state index in [4.69, 9.17) is 14.9 Å². The van der Waals surface area contributed by atoms with Crippen LogP contribution in [0.15, 0.2) is 65.3 Å². The van der Waals surface area contributed by atoms with Crippen molar-refractivity contribution in [2.24, 2.45) is 0 Å². The molecule has 3 N–H and O–H groups in total. The van der Waals surface area contributed by atoms with Crippen LogP contribution in [0.1, 0.15) is 22.1 Å². The van der Waals surface area contributed by atoms with Gasteiger partial charge in [0, 0.05) is 18.1 Å². The smallest absolute Gasteiger partial charge is 0.374 e. The summed E-state index contributed by atoms with van der Waals surface area (Å²) in [5, 5.41) is 7.11. The van der Waals surface area contributed by atoms with Gasteiger partial charge in [-0.25, -0.2) is 4.79 Å². The van der Waals surface area contributed by atoms with E-state index < -0.39 is 5.97 Å². The molecule has 146 valence electrons. The van der Waals surface area contributed by atoms with Crippen molar-refractivity contribution in [3.8, 4) is 0 Å². The summed E-state index contributed by atoms with van der Waals surface area (Å²) in [6.45, 7) is 0.239. The Kier molecular flexibility index (Phi) is 5.14. The molecule has 3 heterocycles. The van der Waals surface area contributed by atoms with Gasteiger partial charge < -0.3 is 20.2 Å². The van der Waals surface area contributed by atoms with E-state index in [2.05, 4.69) is 25.4 Å². The Hall–Kier alpha value is -4.21. The van der Waals surface area contributed by atoms with Gasteiger partial charge in [-0.3, -0.25) is 4.68 Å². The average molecular weight is 391 g/mol. The highest BCUT2D eigenvalue weighted by molar-refractivity contribution is 5.86. The van der Waals surface area contributed by atoms with Gasteiger partial charge in [-0.2, -0.15) is 20.1 Å². The van der Waals surface area contributed by atoms with Crippen LogP contribution in [0.25, 0.3) is 0 Å². The summed E-state index contributed by atoms with van der Waals surface area (Å²) >= 11 is 0. The fourth-order valence-corrected chi connectivity index (χ4v) is 2.54. The number of benzene rings is 1. The van der Waals surface area contributed by atoms with E-state index in [9.17, 15) is 4.79 Å². The third-order valence-corrected chi connectivity index (χ3v) is 3.80. The van der Waals surface area contributed by atoms with Gasteiger partial charge in [-0.1, -0.05) is 18.2 Å². The maximum absolute atomic E-state index is 12.2. The van der Waals surface area contributed by atoms with E-state index in [1.165, 1.54) is 0 Å². The molecule has 0 fully saturated rings. The van der Waals surface area contributed by atoms with Gasteiger partial charge in [0.1, 0.15) is 5.76 Å². The zero-order chi connectivity index (χ0) is 20.1. The summed E-state index contributed by atoms with van der Waals surface area (Å²) in [5.41, 5.74) is 6.52. The zero-order valence-electron chi connectivity index (χ0n) is 15.2. The maximum atomic E-state index is 12.2. The number of aromatic nitrogens is 5. The number of nitrogens with zero attached hydrogens (tertiary/aromatic N) is 5. The van der Waals surface area contributed by atoms with E-state index in [1.807, 2.05) is 30.3 Å². The number of nitrogens with two attached hydrogens (primary N) is 1. The number of nitrogens with one attached hydrogen (secondary N) is 1. The van der Waals surface area contributed by atoms with E-state index in [0.29, 0.717) is 12.3 Å². The number of carbonyl (C=O) groups is 1. The number of furan rings is 1. The van der Waals surface area contributed by atoms with Crippen LogP contribution in [-0.2, 0) is 17.9 Å². The molecule has 0 bridgehead atoms. The van der Waals surface area contributed by atoms with Crippen molar-refractivity contribution in [1.29, 1.82) is 0 Å². The van der Waals surface area contributed by atoms with Crippen molar-refractivity contribution in [3.63, 3.8) is 0 Å². The van der Waals surface area contributed by atoms with Crippen LogP contribution in [-0.4, -0.2) is 30.7 Å². The molecule has 29 heavy (non-hydrogen) atoms. The quantitative estimate of drug-likeness (QED) is 0.455. The summed E-state index contributed by atoms with van der Waals surface area (Å²) in [6, 6.07) is 14.4. The summed E-state index contributed by atoms with van der Waals surface area (Å²) < 4.78 is 12.4. The maximum Gasteiger partial charge on any atom is 0.374 e. The Morgan fingerprint density at radius 2 is 1.97 bits per heavy atom. The van der Waals surface area contributed by atoms with Gasteiger partial charge in [-0.05, 0) is 30.3 Å². The SMILES string of the molecule is Nc1nc(COC(=O)c2ccc(Cn3cccn3)o2)nc(Nc2ccccc2)n1. The first kappa shape index (κ1) is 18.2. The molecule has 0 radical (unpaired) electrons. The van der Waals surface area contributed by atoms with Crippen molar-refractivity contribution in [2.75, 3.05) is 11.1 Å². The first-order chi connectivity index (χ1) is 14.2. The lowest BCUT2D eigenvalue weighted by atomic mass is 10.3. The summed E-state index contributed by atoms with van der Waals surface area (Å²) in [5.74, 6) is 0.523. The second-order valence-electron chi connectivity index (χ2n) is 5.97. The van der Waals surface area contributed by atoms with Crippen molar-refractivity contribution < 1.29 is 13.9 Å². The molecule has 0 aliphatic carbocycles. The molecule has 0 aliphatic rings. The highest BCUT2D eigenvalue weighted by atomic mass is 16.5. The molecule has 10 nitrogen and oxygen atoms in total. The van der Waals surface area contributed by atoms with E-state index in [1.54, 1.807) is 35.3 Å². The molecular weight excluding hydrogens is 374 g/mol. The molecule has 0 amide bonds. The Balaban J connectivity index is 1.38. The lowest BCUT2D eigenvalue weighted by molar-refractivity contribution is 0.0423. The summed E-state index contributed by atoms with van der Waals surface area (Å²) in [7, 11) is 0. The number of hydrogen-bond donors (Lipinski definition) is 2. The largest absolute Gasteiger partial charge is 0.452 e. The minimum Gasteiger partial charge on any atom is -0.452 e. The first-order valence-corrected chi connectivity index (χ1v) is 8.71. The third kappa shape index (κ3) is 4.75. The minimum absolute atomic E-state index is 0.0176. The van der Waals surface area contributed by atoms with Crippen LogP contribution in [0.4, 0.5) is 17.6 Å². The van der Waals surface area contributed by atoms with Gasteiger partial charge in [-0.15, -0.1) is 0 Å². The molecule has 10 heteroatoms. The molecule has 0 aliphatic heterocycles. The standard InChI is InChI=1S/C19H17N7O3/c20-18-23-16(24-19(25-18)22-13-5-2-1-3-6-13)12-28-17(27)15-8-7-14(29-15)11-26-10-4-9-21-26/h1-10H,11-12H2,(H3,20,22,23,24,25). The predicted molar refractivity (Wildman–Crippen MR) is 103 cm³/mol. The van der Waals surface area contributed by atoms with Gasteiger partial charge in [0.25, 0.3) is 0 Å². The Labute approximate surface area is 165 Å². The number of hydrogen-bond acceptors (Lipinski definition) is 9. The predicted octanol–water partition coefficient (Wildman–Crippen LogP) is 2.39. The van der Waals surface area contributed by atoms with Crippen LogP contribution < -0.4 is 11.1 Å². The minimum atomic E-state index is -0.631. The Morgan fingerprint density at radius 1 is 1.10 bits per heavy atom. The highest BCUT2D eigenvalue weighted by Crippen LogP contribution is 2.14. The molecule has 0 spiro atoms. The normalized spacial score (nSPS) is 10.6. The van der Waals surface area contributed by atoms with Crippen molar-refractivity contribution in [3.05, 3.63) is 78.3 Å². The number of ether oxygens (including phenoxy) is 1. The number of anilines is 3. The fourth-order valence-electron chi connectivity index (χ4n) is 2.54.